The SMILES string of the molecule is COc1ccc(Cl)c(NCC2CCC2)c1. The summed E-state index contributed by atoms with van der Waals surface area (Å²) >= 11 is 6.08. The minimum absolute atomic E-state index is 0.759. The molecular weight excluding hydrogens is 210 g/mol. The lowest BCUT2D eigenvalue weighted by atomic mass is 9.85. The van der Waals surface area contributed by atoms with Crippen LogP contribution < -0.4 is 10.1 Å². The van der Waals surface area contributed by atoms with Crippen molar-refractivity contribution in [2.45, 2.75) is 19.3 Å². The van der Waals surface area contributed by atoms with Gasteiger partial charge in [0, 0.05) is 12.6 Å². The fraction of sp³-hybridized carbons (Fsp3) is 0.500. The Morgan fingerprint density at radius 3 is 2.87 bits per heavy atom. The van der Waals surface area contributed by atoms with Crippen LogP contribution in [0.25, 0.3) is 0 Å². The third-order valence-electron chi connectivity index (χ3n) is 2.98. The van der Waals surface area contributed by atoms with Crippen LogP contribution in [-0.2, 0) is 0 Å². The molecule has 0 atom stereocenters. The van der Waals surface area contributed by atoms with Gasteiger partial charge in [-0.1, -0.05) is 18.0 Å². The predicted octanol–water partition coefficient (Wildman–Crippen LogP) is 3.56. The van der Waals surface area contributed by atoms with Gasteiger partial charge in [-0.05, 0) is 30.9 Å². The Balaban J connectivity index is 1.98. The molecule has 3 heteroatoms. The van der Waals surface area contributed by atoms with Gasteiger partial charge >= 0.3 is 0 Å². The molecule has 1 N–H and O–H groups in total. The minimum atomic E-state index is 0.759. The zero-order chi connectivity index (χ0) is 10.7. The standard InChI is InChI=1S/C12H16ClNO/c1-15-10-5-6-11(13)12(7-10)14-8-9-3-2-4-9/h5-7,9,14H,2-4,8H2,1H3. The zero-order valence-electron chi connectivity index (χ0n) is 8.92. The van der Waals surface area contributed by atoms with Gasteiger partial charge in [0.25, 0.3) is 0 Å². The molecule has 2 nitrogen and oxygen atoms in total. The number of nitrogens with one attached hydrogen (secondary N) is 1. The van der Waals surface area contributed by atoms with Gasteiger partial charge in [0.2, 0.25) is 0 Å². The summed E-state index contributed by atoms with van der Waals surface area (Å²) in [5.74, 6) is 1.67. The molecule has 1 aromatic rings. The molecule has 2 rings (SSSR count). The predicted molar refractivity (Wildman–Crippen MR) is 63.8 cm³/mol. The van der Waals surface area contributed by atoms with Crippen LogP contribution in [0.2, 0.25) is 5.02 Å². The smallest absolute Gasteiger partial charge is 0.121 e. The van der Waals surface area contributed by atoms with Crippen molar-refractivity contribution in [3.05, 3.63) is 23.2 Å². The summed E-state index contributed by atoms with van der Waals surface area (Å²) in [7, 11) is 1.67. The van der Waals surface area contributed by atoms with Crippen LogP contribution in [-0.4, -0.2) is 13.7 Å². The zero-order valence-corrected chi connectivity index (χ0v) is 9.68. The summed E-state index contributed by atoms with van der Waals surface area (Å²) in [5, 5.41) is 4.14. The molecule has 1 aromatic carbocycles. The summed E-state index contributed by atoms with van der Waals surface area (Å²) in [4.78, 5) is 0. The van der Waals surface area contributed by atoms with Crippen molar-refractivity contribution in [2.24, 2.45) is 5.92 Å². The molecule has 0 aliphatic heterocycles. The Morgan fingerprint density at radius 2 is 2.27 bits per heavy atom. The average molecular weight is 226 g/mol. The summed E-state index contributed by atoms with van der Waals surface area (Å²) in [6.45, 7) is 1.02. The Hall–Kier alpha value is -0.890. The second-order valence-electron chi connectivity index (χ2n) is 4.02. The number of hydrogen-bond donors (Lipinski definition) is 1. The fourth-order valence-corrected chi connectivity index (χ4v) is 1.90. The van der Waals surface area contributed by atoms with Gasteiger partial charge in [0.15, 0.2) is 0 Å². The maximum absolute atomic E-state index is 6.08. The van der Waals surface area contributed by atoms with Gasteiger partial charge < -0.3 is 10.1 Å². The molecule has 0 heterocycles. The Kier molecular flexibility index (Phi) is 3.37. The molecule has 0 bridgehead atoms. The highest BCUT2D eigenvalue weighted by Gasteiger charge is 2.17. The van der Waals surface area contributed by atoms with Gasteiger partial charge in [-0.15, -0.1) is 0 Å². The Morgan fingerprint density at radius 1 is 1.47 bits per heavy atom. The van der Waals surface area contributed by atoms with E-state index in [4.69, 9.17) is 16.3 Å². The quantitative estimate of drug-likeness (QED) is 0.846. The highest BCUT2D eigenvalue weighted by molar-refractivity contribution is 6.33. The molecule has 15 heavy (non-hydrogen) atoms. The number of ether oxygens (including phenoxy) is 1. The van der Waals surface area contributed by atoms with E-state index in [0.29, 0.717) is 0 Å². The molecule has 1 aliphatic rings. The lowest BCUT2D eigenvalue weighted by Crippen LogP contribution is -2.20. The highest BCUT2D eigenvalue weighted by Crippen LogP contribution is 2.30. The van der Waals surface area contributed by atoms with Crippen LogP contribution in [0.4, 0.5) is 5.69 Å². The number of anilines is 1. The summed E-state index contributed by atoms with van der Waals surface area (Å²) in [6, 6.07) is 5.68. The number of methoxy groups -OCH3 is 1. The molecule has 1 saturated carbocycles. The third kappa shape index (κ3) is 2.57. The first-order valence-electron chi connectivity index (χ1n) is 5.37. The van der Waals surface area contributed by atoms with E-state index in [0.717, 1.165) is 28.9 Å². The first kappa shape index (κ1) is 10.6. The van der Waals surface area contributed by atoms with E-state index >= 15 is 0 Å². The van der Waals surface area contributed by atoms with Crippen LogP contribution >= 0.6 is 11.6 Å². The van der Waals surface area contributed by atoms with E-state index in [1.165, 1.54) is 19.3 Å². The van der Waals surface area contributed by atoms with E-state index in [2.05, 4.69) is 5.32 Å². The molecular formula is C12H16ClNO. The Bertz CT molecular complexity index is 336. The van der Waals surface area contributed by atoms with Gasteiger partial charge in [0.1, 0.15) is 5.75 Å². The van der Waals surface area contributed by atoms with Crippen LogP contribution in [0.15, 0.2) is 18.2 Å². The molecule has 1 fully saturated rings. The second kappa shape index (κ2) is 4.75. The van der Waals surface area contributed by atoms with E-state index in [1.807, 2.05) is 18.2 Å². The number of benzene rings is 1. The van der Waals surface area contributed by atoms with Gasteiger partial charge in [-0.2, -0.15) is 0 Å². The molecule has 82 valence electrons. The summed E-state index contributed by atoms with van der Waals surface area (Å²) in [6.07, 6.45) is 4.06. The summed E-state index contributed by atoms with van der Waals surface area (Å²) < 4.78 is 5.16. The third-order valence-corrected chi connectivity index (χ3v) is 3.31. The van der Waals surface area contributed by atoms with E-state index in [9.17, 15) is 0 Å². The first-order valence-corrected chi connectivity index (χ1v) is 5.75. The second-order valence-corrected chi connectivity index (χ2v) is 4.43. The van der Waals surface area contributed by atoms with Crippen LogP contribution in [0.3, 0.4) is 0 Å². The van der Waals surface area contributed by atoms with Crippen molar-refractivity contribution in [1.29, 1.82) is 0 Å². The fourth-order valence-electron chi connectivity index (χ4n) is 1.72. The minimum Gasteiger partial charge on any atom is -0.497 e. The maximum atomic E-state index is 6.08. The molecule has 0 unspecified atom stereocenters. The molecule has 0 saturated heterocycles. The molecule has 0 radical (unpaired) electrons. The van der Waals surface area contributed by atoms with Gasteiger partial charge in [-0.25, -0.2) is 0 Å². The van der Waals surface area contributed by atoms with Crippen molar-refractivity contribution in [1.82, 2.24) is 0 Å². The van der Waals surface area contributed by atoms with Crippen molar-refractivity contribution < 1.29 is 4.74 Å². The average Bonchev–Trinajstić information content (AvgIpc) is 2.18. The Labute approximate surface area is 95.6 Å². The van der Waals surface area contributed by atoms with Crippen LogP contribution in [0.1, 0.15) is 19.3 Å². The van der Waals surface area contributed by atoms with E-state index in [-0.39, 0.29) is 0 Å². The van der Waals surface area contributed by atoms with Crippen molar-refractivity contribution in [2.75, 3.05) is 19.0 Å². The van der Waals surface area contributed by atoms with Crippen molar-refractivity contribution >= 4 is 17.3 Å². The molecule has 0 aromatic heterocycles. The van der Waals surface area contributed by atoms with Crippen LogP contribution in [0, 0.1) is 5.92 Å². The molecule has 1 aliphatic carbocycles. The largest absolute Gasteiger partial charge is 0.497 e. The lowest BCUT2D eigenvalue weighted by Gasteiger charge is -2.26. The van der Waals surface area contributed by atoms with E-state index in [1.54, 1.807) is 7.11 Å². The topological polar surface area (TPSA) is 21.3 Å². The first-order chi connectivity index (χ1) is 7.29. The highest BCUT2D eigenvalue weighted by atomic mass is 35.5. The number of halogens is 1. The van der Waals surface area contributed by atoms with Gasteiger partial charge in [-0.3, -0.25) is 0 Å². The van der Waals surface area contributed by atoms with Crippen LogP contribution in [0.5, 0.6) is 5.75 Å². The van der Waals surface area contributed by atoms with Crippen molar-refractivity contribution in [3.8, 4) is 5.75 Å². The normalized spacial score (nSPS) is 15.9. The van der Waals surface area contributed by atoms with E-state index < -0.39 is 0 Å². The van der Waals surface area contributed by atoms with Crippen molar-refractivity contribution in [3.63, 3.8) is 0 Å². The number of hydrogen-bond acceptors (Lipinski definition) is 2. The number of rotatable bonds is 4. The van der Waals surface area contributed by atoms with Gasteiger partial charge in [0.05, 0.1) is 17.8 Å². The summed E-state index contributed by atoms with van der Waals surface area (Å²) in [5.41, 5.74) is 0.975. The maximum Gasteiger partial charge on any atom is 0.121 e. The molecule has 0 spiro atoms. The molecule has 0 amide bonds. The monoisotopic (exact) mass is 225 g/mol. The lowest BCUT2D eigenvalue weighted by molar-refractivity contribution is 0.333.